The summed E-state index contributed by atoms with van der Waals surface area (Å²) in [5, 5.41) is 2.97. The van der Waals surface area contributed by atoms with Gasteiger partial charge in [-0.1, -0.05) is 24.3 Å². The first-order valence-electron chi connectivity index (χ1n) is 8.46. The summed E-state index contributed by atoms with van der Waals surface area (Å²) in [5.41, 5.74) is 3.39. The molecule has 2 aromatic rings. The molecule has 1 aliphatic rings. The zero-order chi connectivity index (χ0) is 17.8. The largest absolute Gasteiger partial charge is 0.493 e. The van der Waals surface area contributed by atoms with E-state index in [1.165, 1.54) is 11.1 Å². The number of nitrogens with one attached hydrogen (secondary N) is 1. The molecular formula is C20H24N2O3. The van der Waals surface area contributed by atoms with Gasteiger partial charge in [0.05, 0.1) is 20.3 Å². The SMILES string of the molecule is COc1ccc(NC(=O)C(C)N2CCc3ccccc3C2)cc1OC. The molecule has 1 unspecified atom stereocenters. The molecule has 0 bridgehead atoms. The highest BCUT2D eigenvalue weighted by atomic mass is 16.5. The number of rotatable bonds is 5. The van der Waals surface area contributed by atoms with Crippen molar-refractivity contribution in [2.24, 2.45) is 0 Å². The predicted molar refractivity (Wildman–Crippen MR) is 98.2 cm³/mol. The maximum absolute atomic E-state index is 12.7. The molecule has 3 rings (SSSR count). The van der Waals surface area contributed by atoms with Crippen LogP contribution in [0.2, 0.25) is 0 Å². The van der Waals surface area contributed by atoms with Crippen LogP contribution in [0.5, 0.6) is 11.5 Å². The van der Waals surface area contributed by atoms with Crippen LogP contribution in [0.1, 0.15) is 18.1 Å². The van der Waals surface area contributed by atoms with Crippen molar-refractivity contribution in [3.05, 3.63) is 53.6 Å². The summed E-state index contributed by atoms with van der Waals surface area (Å²) in [4.78, 5) is 14.9. The number of amides is 1. The molecule has 1 amide bonds. The Morgan fingerprint density at radius 2 is 1.80 bits per heavy atom. The molecular weight excluding hydrogens is 316 g/mol. The van der Waals surface area contributed by atoms with Crippen LogP contribution in [0, 0.1) is 0 Å². The smallest absolute Gasteiger partial charge is 0.241 e. The number of hydrogen-bond donors (Lipinski definition) is 1. The fraction of sp³-hybridized carbons (Fsp3) is 0.350. The summed E-state index contributed by atoms with van der Waals surface area (Å²) >= 11 is 0. The Labute approximate surface area is 148 Å². The van der Waals surface area contributed by atoms with Crippen LogP contribution in [0.25, 0.3) is 0 Å². The van der Waals surface area contributed by atoms with Gasteiger partial charge in [-0.15, -0.1) is 0 Å². The monoisotopic (exact) mass is 340 g/mol. The van der Waals surface area contributed by atoms with E-state index in [2.05, 4.69) is 34.5 Å². The van der Waals surface area contributed by atoms with Crippen molar-refractivity contribution in [2.45, 2.75) is 25.9 Å². The van der Waals surface area contributed by atoms with Crippen molar-refractivity contribution in [1.82, 2.24) is 4.90 Å². The van der Waals surface area contributed by atoms with Crippen LogP contribution in [-0.2, 0) is 17.8 Å². The lowest BCUT2D eigenvalue weighted by molar-refractivity contribution is -0.121. The normalized spacial score (nSPS) is 15.2. The van der Waals surface area contributed by atoms with Crippen LogP contribution < -0.4 is 14.8 Å². The average Bonchev–Trinajstić information content (AvgIpc) is 2.66. The highest BCUT2D eigenvalue weighted by molar-refractivity contribution is 5.94. The van der Waals surface area contributed by atoms with Crippen LogP contribution in [0.3, 0.4) is 0 Å². The van der Waals surface area contributed by atoms with E-state index < -0.39 is 0 Å². The lowest BCUT2D eigenvalue weighted by atomic mass is 9.99. The predicted octanol–water partition coefficient (Wildman–Crippen LogP) is 3.09. The number of ether oxygens (including phenoxy) is 2. The van der Waals surface area contributed by atoms with E-state index in [1.807, 2.05) is 13.0 Å². The lowest BCUT2D eigenvalue weighted by Crippen LogP contribution is -2.44. The maximum Gasteiger partial charge on any atom is 0.241 e. The summed E-state index contributed by atoms with van der Waals surface area (Å²) in [6, 6.07) is 13.6. The minimum atomic E-state index is -0.207. The molecule has 2 aromatic carbocycles. The zero-order valence-electron chi connectivity index (χ0n) is 14.9. The number of methoxy groups -OCH3 is 2. The third-order valence-corrected chi connectivity index (χ3v) is 4.74. The summed E-state index contributed by atoms with van der Waals surface area (Å²) in [5.74, 6) is 1.22. The molecule has 0 aliphatic carbocycles. The Morgan fingerprint density at radius 1 is 1.08 bits per heavy atom. The average molecular weight is 340 g/mol. The van der Waals surface area contributed by atoms with Gasteiger partial charge in [-0.25, -0.2) is 0 Å². The molecule has 0 saturated heterocycles. The first kappa shape index (κ1) is 17.3. The molecule has 0 saturated carbocycles. The number of carbonyl (C=O) groups is 1. The molecule has 5 nitrogen and oxygen atoms in total. The van der Waals surface area contributed by atoms with Gasteiger partial charge in [-0.3, -0.25) is 9.69 Å². The van der Waals surface area contributed by atoms with Gasteiger partial charge in [-0.2, -0.15) is 0 Å². The van der Waals surface area contributed by atoms with Gasteiger partial charge in [0.1, 0.15) is 0 Å². The van der Waals surface area contributed by atoms with E-state index in [1.54, 1.807) is 26.4 Å². The van der Waals surface area contributed by atoms with Crippen molar-refractivity contribution >= 4 is 11.6 Å². The topological polar surface area (TPSA) is 50.8 Å². The van der Waals surface area contributed by atoms with E-state index in [9.17, 15) is 4.79 Å². The third-order valence-electron chi connectivity index (χ3n) is 4.74. The molecule has 1 heterocycles. The fourth-order valence-corrected chi connectivity index (χ4v) is 3.17. The molecule has 1 N–H and O–H groups in total. The maximum atomic E-state index is 12.7. The number of carbonyl (C=O) groups excluding carboxylic acids is 1. The molecule has 0 spiro atoms. The minimum Gasteiger partial charge on any atom is -0.493 e. The third kappa shape index (κ3) is 3.77. The quantitative estimate of drug-likeness (QED) is 0.909. The number of benzene rings is 2. The van der Waals surface area contributed by atoms with Crippen molar-refractivity contribution in [1.29, 1.82) is 0 Å². The second-order valence-corrected chi connectivity index (χ2v) is 6.22. The zero-order valence-corrected chi connectivity index (χ0v) is 14.9. The van der Waals surface area contributed by atoms with Crippen molar-refractivity contribution in [3.63, 3.8) is 0 Å². The van der Waals surface area contributed by atoms with E-state index >= 15 is 0 Å². The lowest BCUT2D eigenvalue weighted by Gasteiger charge is -2.32. The van der Waals surface area contributed by atoms with Crippen molar-refractivity contribution < 1.29 is 14.3 Å². The van der Waals surface area contributed by atoms with Crippen LogP contribution >= 0.6 is 0 Å². The van der Waals surface area contributed by atoms with Crippen molar-refractivity contribution in [3.8, 4) is 11.5 Å². The molecule has 0 radical (unpaired) electrons. The van der Waals surface area contributed by atoms with Gasteiger partial charge in [0.15, 0.2) is 11.5 Å². The van der Waals surface area contributed by atoms with Gasteiger partial charge in [0.25, 0.3) is 0 Å². The number of nitrogens with zero attached hydrogens (tertiary/aromatic N) is 1. The number of fused-ring (bicyclic) bond motifs is 1. The molecule has 25 heavy (non-hydrogen) atoms. The standard InChI is InChI=1S/C20H24N2O3/c1-14(22-11-10-15-6-4-5-7-16(15)13-22)20(23)21-17-8-9-18(24-2)19(12-17)25-3/h4-9,12,14H,10-11,13H2,1-3H3,(H,21,23). The fourth-order valence-electron chi connectivity index (χ4n) is 3.17. The van der Waals surface area contributed by atoms with E-state index in [4.69, 9.17) is 9.47 Å². The summed E-state index contributed by atoms with van der Waals surface area (Å²) in [6.07, 6.45) is 0.976. The minimum absolute atomic E-state index is 0.0217. The van der Waals surface area contributed by atoms with Gasteiger partial charge < -0.3 is 14.8 Å². The van der Waals surface area contributed by atoms with E-state index in [0.29, 0.717) is 17.2 Å². The summed E-state index contributed by atoms with van der Waals surface area (Å²) < 4.78 is 10.5. The Morgan fingerprint density at radius 3 is 2.52 bits per heavy atom. The van der Waals surface area contributed by atoms with Gasteiger partial charge >= 0.3 is 0 Å². The summed E-state index contributed by atoms with van der Waals surface area (Å²) in [7, 11) is 3.17. The molecule has 132 valence electrons. The Bertz CT molecular complexity index is 760. The van der Waals surface area contributed by atoms with Crippen molar-refractivity contribution in [2.75, 3.05) is 26.1 Å². The van der Waals surface area contributed by atoms with Gasteiger partial charge in [0, 0.05) is 24.8 Å². The van der Waals surface area contributed by atoms with Gasteiger partial charge in [-0.05, 0) is 36.6 Å². The second-order valence-electron chi connectivity index (χ2n) is 6.22. The molecule has 0 fully saturated rings. The van der Waals surface area contributed by atoms with Crippen LogP contribution in [-0.4, -0.2) is 37.6 Å². The summed E-state index contributed by atoms with van der Waals surface area (Å²) in [6.45, 7) is 3.64. The van der Waals surface area contributed by atoms with E-state index in [-0.39, 0.29) is 11.9 Å². The molecule has 1 atom stereocenters. The molecule has 1 aliphatic heterocycles. The molecule has 0 aromatic heterocycles. The first-order valence-corrected chi connectivity index (χ1v) is 8.46. The highest BCUT2D eigenvalue weighted by Crippen LogP contribution is 2.30. The second kappa shape index (κ2) is 7.57. The van der Waals surface area contributed by atoms with Crippen LogP contribution in [0.4, 0.5) is 5.69 Å². The number of anilines is 1. The first-order chi connectivity index (χ1) is 12.1. The Hall–Kier alpha value is -2.53. The van der Waals surface area contributed by atoms with E-state index in [0.717, 1.165) is 19.5 Å². The number of hydrogen-bond acceptors (Lipinski definition) is 4. The highest BCUT2D eigenvalue weighted by Gasteiger charge is 2.25. The van der Waals surface area contributed by atoms with Crippen LogP contribution in [0.15, 0.2) is 42.5 Å². The van der Waals surface area contributed by atoms with Gasteiger partial charge in [0.2, 0.25) is 5.91 Å². The molecule has 5 heteroatoms. The Balaban J connectivity index is 1.67. The Kier molecular flexibility index (Phi) is 5.24.